The lowest BCUT2D eigenvalue weighted by Gasteiger charge is -1.89. The monoisotopic (exact) mass is 168 g/mol. The Morgan fingerprint density at radius 3 is 2.64 bits per heavy atom. The Kier molecular flexibility index (Phi) is 3.73. The minimum Gasteiger partial charge on any atom is -0.275 e. The molecule has 1 aromatic rings. The van der Waals surface area contributed by atoms with Crippen molar-refractivity contribution in [3.8, 4) is 0 Å². The highest BCUT2D eigenvalue weighted by Gasteiger charge is 1.80. The molecule has 0 saturated carbocycles. The first kappa shape index (κ1) is 8.31. The Bertz CT molecular complexity index is 218. The first-order chi connectivity index (χ1) is 5.43. The Morgan fingerprint density at radius 1 is 1.27 bits per heavy atom. The Morgan fingerprint density at radius 2 is 2.00 bits per heavy atom. The second-order valence-electron chi connectivity index (χ2n) is 2.09. The van der Waals surface area contributed by atoms with Crippen LogP contribution >= 0.6 is 11.9 Å². The molecule has 0 saturated heterocycles. The van der Waals surface area contributed by atoms with E-state index in [1.165, 1.54) is 0 Å². The number of hydrogen-bond donors (Lipinski definition) is 0. The van der Waals surface area contributed by atoms with Crippen molar-refractivity contribution in [1.82, 2.24) is 0 Å². The zero-order valence-electron chi connectivity index (χ0n) is 6.03. The highest BCUT2D eigenvalue weighted by molar-refractivity contribution is 6.07. The van der Waals surface area contributed by atoms with E-state index >= 15 is 0 Å². The van der Waals surface area contributed by atoms with Gasteiger partial charge < -0.3 is 0 Å². The van der Waals surface area contributed by atoms with Crippen molar-refractivity contribution >= 4 is 17.9 Å². The van der Waals surface area contributed by atoms with Crippen LogP contribution in [0.5, 0.6) is 0 Å². The van der Waals surface area contributed by atoms with Gasteiger partial charge in [-0.3, -0.25) is 4.29 Å². The number of hydrogen-bond acceptors (Lipinski definition) is 1. The molecular weight excluding hydrogens is 160 g/mol. The van der Waals surface area contributed by atoms with Crippen LogP contribution in [-0.4, -0.2) is 6.61 Å². The van der Waals surface area contributed by atoms with E-state index in [-0.39, 0.29) is 0 Å². The van der Waals surface area contributed by atoms with Crippen LogP contribution in [0, 0.1) is 0 Å². The van der Waals surface area contributed by atoms with Gasteiger partial charge in [0.15, 0.2) is 0 Å². The van der Waals surface area contributed by atoms with Crippen LogP contribution in [0.25, 0.3) is 6.08 Å². The highest BCUT2D eigenvalue weighted by atomic mass is 35.5. The van der Waals surface area contributed by atoms with E-state index in [9.17, 15) is 0 Å². The molecule has 0 aliphatic rings. The van der Waals surface area contributed by atoms with Gasteiger partial charge in [-0.1, -0.05) is 42.5 Å². The summed E-state index contributed by atoms with van der Waals surface area (Å²) in [4.78, 5) is 0. The Labute approximate surface area is 71.4 Å². The van der Waals surface area contributed by atoms with E-state index < -0.39 is 0 Å². The molecule has 0 aliphatic heterocycles. The van der Waals surface area contributed by atoms with Crippen molar-refractivity contribution in [1.29, 1.82) is 0 Å². The molecule has 1 nitrogen and oxygen atoms in total. The van der Waals surface area contributed by atoms with E-state index in [1.807, 2.05) is 42.5 Å². The predicted molar refractivity (Wildman–Crippen MR) is 47.3 cm³/mol. The van der Waals surface area contributed by atoms with Crippen molar-refractivity contribution in [3.05, 3.63) is 42.0 Å². The zero-order chi connectivity index (χ0) is 7.94. The maximum Gasteiger partial charge on any atom is 0.0867 e. The van der Waals surface area contributed by atoms with Crippen LogP contribution < -0.4 is 0 Å². The number of halogens is 1. The molecule has 0 fully saturated rings. The molecule has 0 aromatic heterocycles. The van der Waals surface area contributed by atoms with Gasteiger partial charge in [-0.2, -0.15) is 0 Å². The minimum atomic E-state index is 0.441. The second kappa shape index (κ2) is 4.94. The van der Waals surface area contributed by atoms with E-state index in [0.29, 0.717) is 6.61 Å². The molecule has 58 valence electrons. The molecule has 0 spiro atoms. The Hall–Kier alpha value is -0.790. The SMILES string of the molecule is ClOC/C=C/c1ccccc1. The normalized spacial score (nSPS) is 10.6. The molecule has 0 amide bonds. The zero-order valence-corrected chi connectivity index (χ0v) is 6.79. The molecule has 0 bridgehead atoms. The third-order valence-electron chi connectivity index (χ3n) is 1.27. The summed E-state index contributed by atoms with van der Waals surface area (Å²) in [7, 11) is 0. The van der Waals surface area contributed by atoms with E-state index in [0.717, 1.165) is 5.56 Å². The molecule has 0 unspecified atom stereocenters. The van der Waals surface area contributed by atoms with Gasteiger partial charge in [0.2, 0.25) is 0 Å². The third kappa shape index (κ3) is 3.21. The van der Waals surface area contributed by atoms with Crippen molar-refractivity contribution < 1.29 is 4.29 Å². The molecule has 2 heteroatoms. The van der Waals surface area contributed by atoms with E-state index in [2.05, 4.69) is 4.29 Å². The van der Waals surface area contributed by atoms with Crippen LogP contribution in [0.2, 0.25) is 0 Å². The maximum atomic E-state index is 5.02. The highest BCUT2D eigenvalue weighted by Crippen LogP contribution is 2.00. The van der Waals surface area contributed by atoms with Crippen LogP contribution in [0.15, 0.2) is 36.4 Å². The lowest BCUT2D eigenvalue weighted by Crippen LogP contribution is -1.74. The summed E-state index contributed by atoms with van der Waals surface area (Å²) < 4.78 is 4.35. The lowest BCUT2D eigenvalue weighted by atomic mass is 10.2. The molecule has 0 radical (unpaired) electrons. The van der Waals surface area contributed by atoms with Crippen LogP contribution in [0.4, 0.5) is 0 Å². The van der Waals surface area contributed by atoms with Gasteiger partial charge in [-0.15, -0.1) is 0 Å². The standard InChI is InChI=1S/C9H9ClO/c10-11-8-4-7-9-5-2-1-3-6-9/h1-7H,8H2/b7-4+. The topological polar surface area (TPSA) is 9.23 Å². The van der Waals surface area contributed by atoms with Crippen molar-refractivity contribution in [2.24, 2.45) is 0 Å². The summed E-state index contributed by atoms with van der Waals surface area (Å²) in [6, 6.07) is 9.99. The fourth-order valence-electron chi connectivity index (χ4n) is 0.785. The van der Waals surface area contributed by atoms with Gasteiger partial charge in [0.25, 0.3) is 0 Å². The molecule has 1 rings (SSSR count). The summed E-state index contributed by atoms with van der Waals surface area (Å²) in [6.07, 6.45) is 3.82. The molecular formula is C9H9ClO. The van der Waals surface area contributed by atoms with Crippen molar-refractivity contribution in [3.63, 3.8) is 0 Å². The van der Waals surface area contributed by atoms with Crippen molar-refractivity contribution in [2.75, 3.05) is 6.61 Å². The molecule has 0 N–H and O–H groups in total. The minimum absolute atomic E-state index is 0.441. The van der Waals surface area contributed by atoms with Crippen LogP contribution in [0.3, 0.4) is 0 Å². The van der Waals surface area contributed by atoms with Crippen molar-refractivity contribution in [2.45, 2.75) is 0 Å². The summed E-state index contributed by atoms with van der Waals surface area (Å²) >= 11 is 5.02. The van der Waals surface area contributed by atoms with Gasteiger partial charge in [0.1, 0.15) is 0 Å². The van der Waals surface area contributed by atoms with Crippen LogP contribution in [-0.2, 0) is 4.29 Å². The quantitative estimate of drug-likeness (QED) is 0.675. The van der Waals surface area contributed by atoms with E-state index in [4.69, 9.17) is 11.9 Å². The Balaban J connectivity index is 2.50. The number of benzene rings is 1. The van der Waals surface area contributed by atoms with Gasteiger partial charge in [0, 0.05) is 0 Å². The predicted octanol–water partition coefficient (Wildman–Crippen LogP) is 2.87. The summed E-state index contributed by atoms with van der Waals surface area (Å²) in [5.74, 6) is 0. The third-order valence-corrected chi connectivity index (χ3v) is 1.40. The smallest absolute Gasteiger partial charge is 0.0867 e. The first-order valence-corrected chi connectivity index (χ1v) is 3.69. The summed E-state index contributed by atoms with van der Waals surface area (Å²) in [6.45, 7) is 0.441. The average Bonchev–Trinajstić information content (AvgIpc) is 2.07. The van der Waals surface area contributed by atoms with Crippen LogP contribution in [0.1, 0.15) is 5.56 Å². The fraction of sp³-hybridized carbons (Fsp3) is 0.111. The maximum absolute atomic E-state index is 5.02. The van der Waals surface area contributed by atoms with Gasteiger partial charge >= 0.3 is 0 Å². The average molecular weight is 169 g/mol. The largest absolute Gasteiger partial charge is 0.275 e. The van der Waals surface area contributed by atoms with Gasteiger partial charge in [0.05, 0.1) is 18.5 Å². The molecule has 1 aromatic carbocycles. The first-order valence-electron chi connectivity index (χ1n) is 3.38. The van der Waals surface area contributed by atoms with Gasteiger partial charge in [-0.05, 0) is 5.56 Å². The van der Waals surface area contributed by atoms with Gasteiger partial charge in [-0.25, -0.2) is 0 Å². The fourth-order valence-corrected chi connectivity index (χ4v) is 0.857. The second-order valence-corrected chi connectivity index (χ2v) is 2.31. The molecule has 0 aliphatic carbocycles. The number of rotatable bonds is 3. The lowest BCUT2D eigenvalue weighted by molar-refractivity contribution is 0.405. The molecule has 0 atom stereocenters. The van der Waals surface area contributed by atoms with E-state index in [1.54, 1.807) is 0 Å². The molecule has 11 heavy (non-hydrogen) atoms. The summed E-state index contributed by atoms with van der Waals surface area (Å²) in [5.41, 5.74) is 1.15. The molecule has 0 heterocycles. The summed E-state index contributed by atoms with van der Waals surface area (Å²) in [5, 5.41) is 0.